The van der Waals surface area contributed by atoms with Crippen LogP contribution in [0.15, 0.2) is 24.4 Å². The molecule has 1 amide bonds. The fourth-order valence-electron chi connectivity index (χ4n) is 2.56. The smallest absolute Gasteiger partial charge is 0.323 e. The first-order chi connectivity index (χ1) is 10.9. The van der Waals surface area contributed by atoms with Crippen LogP contribution in [0.1, 0.15) is 19.4 Å². The van der Waals surface area contributed by atoms with Crippen molar-refractivity contribution in [3.05, 3.63) is 30.0 Å². The molecule has 1 heterocycles. The Morgan fingerprint density at radius 2 is 2.09 bits per heavy atom. The Morgan fingerprint density at radius 1 is 1.35 bits per heavy atom. The van der Waals surface area contributed by atoms with Crippen molar-refractivity contribution in [2.75, 3.05) is 20.2 Å². The normalized spacial score (nSPS) is 11.0. The van der Waals surface area contributed by atoms with Gasteiger partial charge in [0.2, 0.25) is 5.91 Å². The minimum atomic E-state index is -1.00. The number of carbonyl (C=O) groups excluding carboxylic acids is 1. The van der Waals surface area contributed by atoms with Crippen molar-refractivity contribution in [1.29, 1.82) is 0 Å². The fraction of sp³-hybridized carbons (Fsp3) is 0.412. The summed E-state index contributed by atoms with van der Waals surface area (Å²) in [5.41, 5.74) is 1.75. The zero-order valence-corrected chi connectivity index (χ0v) is 13.6. The number of hydrogen-bond acceptors (Lipinski definition) is 3. The molecule has 1 aromatic heterocycles. The molecule has 0 bridgehead atoms. The van der Waals surface area contributed by atoms with Gasteiger partial charge in [-0.15, -0.1) is 0 Å². The molecule has 0 atom stereocenters. The van der Waals surface area contributed by atoms with Gasteiger partial charge in [0.15, 0.2) is 0 Å². The van der Waals surface area contributed by atoms with Crippen LogP contribution in [0.4, 0.5) is 0 Å². The molecule has 0 saturated heterocycles. The molecular formula is C17H22N2O4. The largest absolute Gasteiger partial charge is 0.497 e. The van der Waals surface area contributed by atoms with Crippen molar-refractivity contribution in [2.24, 2.45) is 5.92 Å². The first-order valence-corrected chi connectivity index (χ1v) is 7.54. The summed E-state index contributed by atoms with van der Waals surface area (Å²) in [5, 5.41) is 9.91. The number of amides is 1. The number of nitrogens with one attached hydrogen (secondary N) is 1. The number of carboxylic acids is 1. The molecule has 0 aliphatic heterocycles. The average molecular weight is 318 g/mol. The fourth-order valence-corrected chi connectivity index (χ4v) is 2.56. The van der Waals surface area contributed by atoms with Gasteiger partial charge >= 0.3 is 5.97 Å². The molecule has 2 rings (SSSR count). The Morgan fingerprint density at radius 3 is 2.70 bits per heavy atom. The number of aromatic nitrogens is 1. The summed E-state index contributed by atoms with van der Waals surface area (Å²) in [6.07, 6.45) is 1.95. The van der Waals surface area contributed by atoms with E-state index in [-0.39, 0.29) is 24.8 Å². The molecule has 0 fully saturated rings. The number of fused-ring (bicyclic) bond motifs is 1. The third kappa shape index (κ3) is 4.25. The van der Waals surface area contributed by atoms with Crippen LogP contribution < -0.4 is 4.74 Å². The highest BCUT2D eigenvalue weighted by Gasteiger charge is 2.19. The SMILES string of the molecule is COc1ccc2[nH]cc(CC(=O)N(CC(=O)O)CC(C)C)c2c1. The number of ether oxygens (including phenoxy) is 1. The van der Waals surface area contributed by atoms with Gasteiger partial charge in [-0.25, -0.2) is 0 Å². The Labute approximate surface area is 135 Å². The molecule has 0 unspecified atom stereocenters. The molecule has 0 aliphatic carbocycles. The van der Waals surface area contributed by atoms with Gasteiger partial charge in [-0.3, -0.25) is 9.59 Å². The Hall–Kier alpha value is -2.50. The van der Waals surface area contributed by atoms with E-state index >= 15 is 0 Å². The van der Waals surface area contributed by atoms with Crippen LogP contribution in [0.5, 0.6) is 5.75 Å². The van der Waals surface area contributed by atoms with Crippen molar-refractivity contribution in [2.45, 2.75) is 20.3 Å². The van der Waals surface area contributed by atoms with E-state index in [1.54, 1.807) is 13.3 Å². The number of aliphatic carboxylic acids is 1. The van der Waals surface area contributed by atoms with Crippen LogP contribution in [-0.4, -0.2) is 47.1 Å². The second kappa shape index (κ2) is 7.17. The standard InChI is InChI=1S/C17H22N2O4/c1-11(2)9-19(10-17(21)22)16(20)6-12-8-18-15-5-4-13(23-3)7-14(12)15/h4-5,7-8,11,18H,6,9-10H2,1-3H3,(H,21,22). The van der Waals surface area contributed by atoms with E-state index in [4.69, 9.17) is 9.84 Å². The summed E-state index contributed by atoms with van der Waals surface area (Å²) in [6, 6.07) is 5.61. The molecule has 124 valence electrons. The first kappa shape index (κ1) is 16.9. The van der Waals surface area contributed by atoms with E-state index in [1.165, 1.54) is 4.90 Å². The molecule has 0 spiro atoms. The number of nitrogens with zero attached hydrogens (tertiary/aromatic N) is 1. The number of carbonyl (C=O) groups is 2. The van der Waals surface area contributed by atoms with E-state index in [0.717, 1.165) is 22.2 Å². The van der Waals surface area contributed by atoms with Gasteiger partial charge in [-0.1, -0.05) is 13.8 Å². The molecule has 6 nitrogen and oxygen atoms in total. The van der Waals surface area contributed by atoms with E-state index in [2.05, 4.69) is 4.98 Å². The number of aromatic amines is 1. The summed E-state index contributed by atoms with van der Waals surface area (Å²) >= 11 is 0. The van der Waals surface area contributed by atoms with Crippen LogP contribution >= 0.6 is 0 Å². The number of methoxy groups -OCH3 is 1. The molecule has 6 heteroatoms. The number of rotatable bonds is 7. The molecule has 0 radical (unpaired) electrons. The first-order valence-electron chi connectivity index (χ1n) is 7.54. The lowest BCUT2D eigenvalue weighted by molar-refractivity contribution is -0.144. The van der Waals surface area contributed by atoms with E-state index in [9.17, 15) is 9.59 Å². The van der Waals surface area contributed by atoms with Crippen molar-refractivity contribution >= 4 is 22.8 Å². The second-order valence-electron chi connectivity index (χ2n) is 5.96. The molecule has 0 saturated carbocycles. The monoisotopic (exact) mass is 318 g/mol. The van der Waals surface area contributed by atoms with Gasteiger partial charge in [0.05, 0.1) is 13.5 Å². The predicted octanol–water partition coefficient (Wildman–Crippen LogP) is 2.29. The van der Waals surface area contributed by atoms with Gasteiger partial charge in [0.25, 0.3) is 0 Å². The summed E-state index contributed by atoms with van der Waals surface area (Å²) in [5.74, 6) is -0.263. The summed E-state index contributed by atoms with van der Waals surface area (Å²) in [7, 11) is 1.59. The molecule has 2 N–H and O–H groups in total. The van der Waals surface area contributed by atoms with Crippen LogP contribution in [0.25, 0.3) is 10.9 Å². The third-order valence-corrected chi connectivity index (χ3v) is 3.58. The maximum atomic E-state index is 12.5. The highest BCUT2D eigenvalue weighted by molar-refractivity contribution is 5.90. The van der Waals surface area contributed by atoms with Gasteiger partial charge in [0.1, 0.15) is 12.3 Å². The van der Waals surface area contributed by atoms with Crippen molar-refractivity contribution in [1.82, 2.24) is 9.88 Å². The van der Waals surface area contributed by atoms with Crippen molar-refractivity contribution in [3.63, 3.8) is 0 Å². The number of benzene rings is 1. The van der Waals surface area contributed by atoms with Crippen LogP contribution in [-0.2, 0) is 16.0 Å². The number of H-pyrrole nitrogens is 1. The van der Waals surface area contributed by atoms with Crippen LogP contribution in [0.3, 0.4) is 0 Å². The summed E-state index contributed by atoms with van der Waals surface area (Å²) < 4.78 is 5.22. The topological polar surface area (TPSA) is 82.6 Å². The predicted molar refractivity (Wildman–Crippen MR) is 87.6 cm³/mol. The molecule has 0 aliphatic rings. The van der Waals surface area contributed by atoms with Crippen molar-refractivity contribution in [3.8, 4) is 5.75 Å². The summed E-state index contributed by atoms with van der Waals surface area (Å²) in [4.78, 5) is 28.0. The highest BCUT2D eigenvalue weighted by atomic mass is 16.5. The highest BCUT2D eigenvalue weighted by Crippen LogP contribution is 2.24. The molecule has 1 aromatic carbocycles. The molecule has 23 heavy (non-hydrogen) atoms. The third-order valence-electron chi connectivity index (χ3n) is 3.58. The summed E-state index contributed by atoms with van der Waals surface area (Å²) in [6.45, 7) is 4.07. The van der Waals surface area contributed by atoms with Gasteiger partial charge in [-0.05, 0) is 29.7 Å². The Bertz CT molecular complexity index is 706. The number of carboxylic acid groups (broad SMARTS) is 1. The minimum Gasteiger partial charge on any atom is -0.497 e. The van der Waals surface area contributed by atoms with E-state index in [0.29, 0.717) is 6.54 Å². The maximum absolute atomic E-state index is 12.5. The quantitative estimate of drug-likeness (QED) is 0.820. The minimum absolute atomic E-state index is 0.160. The Kier molecular flexibility index (Phi) is 5.26. The van der Waals surface area contributed by atoms with Gasteiger partial charge in [-0.2, -0.15) is 0 Å². The van der Waals surface area contributed by atoms with Crippen LogP contribution in [0, 0.1) is 5.92 Å². The van der Waals surface area contributed by atoms with E-state index < -0.39 is 5.97 Å². The zero-order chi connectivity index (χ0) is 17.0. The van der Waals surface area contributed by atoms with Crippen molar-refractivity contribution < 1.29 is 19.4 Å². The van der Waals surface area contributed by atoms with E-state index in [1.807, 2.05) is 32.0 Å². The lowest BCUT2D eigenvalue weighted by Gasteiger charge is -2.22. The zero-order valence-electron chi connectivity index (χ0n) is 13.6. The van der Waals surface area contributed by atoms with Crippen LogP contribution in [0.2, 0.25) is 0 Å². The lowest BCUT2D eigenvalue weighted by atomic mass is 10.1. The number of hydrogen-bond donors (Lipinski definition) is 2. The van der Waals surface area contributed by atoms with Gasteiger partial charge < -0.3 is 19.7 Å². The average Bonchev–Trinajstić information content (AvgIpc) is 2.87. The maximum Gasteiger partial charge on any atom is 0.323 e. The molecular weight excluding hydrogens is 296 g/mol. The Balaban J connectivity index is 2.21. The lowest BCUT2D eigenvalue weighted by Crippen LogP contribution is -2.39. The second-order valence-corrected chi connectivity index (χ2v) is 5.96. The molecule has 2 aromatic rings. The van der Waals surface area contributed by atoms with Gasteiger partial charge in [0, 0.05) is 23.6 Å².